The van der Waals surface area contributed by atoms with Crippen molar-refractivity contribution in [1.82, 2.24) is 4.90 Å². The second-order valence-electron chi connectivity index (χ2n) is 3.21. The molecule has 1 unspecified atom stereocenters. The summed E-state index contributed by atoms with van der Waals surface area (Å²) >= 11 is 0. The third kappa shape index (κ3) is 5.65. The average Bonchev–Trinajstić information content (AvgIpc) is 2.04. The van der Waals surface area contributed by atoms with Crippen LogP contribution in [-0.2, 0) is 9.53 Å². The molecule has 1 atom stereocenters. The minimum absolute atomic E-state index is 0. The third-order valence-corrected chi connectivity index (χ3v) is 2.12. The van der Waals surface area contributed by atoms with E-state index in [0.29, 0.717) is 6.54 Å². The molecule has 0 radical (unpaired) electrons. The predicted octanol–water partition coefficient (Wildman–Crippen LogP) is 0.426. The van der Waals surface area contributed by atoms with Gasteiger partial charge in [0, 0.05) is 12.6 Å². The van der Waals surface area contributed by atoms with Crippen molar-refractivity contribution in [3.8, 4) is 0 Å². The molecule has 0 saturated carbocycles. The van der Waals surface area contributed by atoms with Gasteiger partial charge in [0.2, 0.25) is 0 Å². The summed E-state index contributed by atoms with van der Waals surface area (Å²) < 4.78 is 4.57. The molecule has 0 aromatic rings. The van der Waals surface area contributed by atoms with Gasteiger partial charge in [0.25, 0.3) is 0 Å². The van der Waals surface area contributed by atoms with Crippen molar-refractivity contribution in [3.63, 3.8) is 0 Å². The Kier molecular flexibility index (Phi) is 9.72. The van der Waals surface area contributed by atoms with E-state index < -0.39 is 0 Å². The van der Waals surface area contributed by atoms with Gasteiger partial charge in [-0.3, -0.25) is 9.69 Å². The maximum atomic E-state index is 10.9. The van der Waals surface area contributed by atoms with Crippen LogP contribution in [-0.4, -0.2) is 43.7 Å². The average molecular weight is 245 g/mol. The highest BCUT2D eigenvalue weighted by atomic mass is 35.5. The van der Waals surface area contributed by atoms with Crippen LogP contribution in [0.4, 0.5) is 0 Å². The summed E-state index contributed by atoms with van der Waals surface area (Å²) in [5.41, 5.74) is 5.75. The van der Waals surface area contributed by atoms with Crippen LogP contribution < -0.4 is 5.73 Å². The summed E-state index contributed by atoms with van der Waals surface area (Å²) in [5.74, 6) is -0.177. The number of nitrogens with two attached hydrogens (primary N) is 1. The number of rotatable bonds is 2. The van der Waals surface area contributed by atoms with Crippen LogP contribution in [0.15, 0.2) is 0 Å². The molecule has 1 heterocycles. The number of hydrogen-bond acceptors (Lipinski definition) is 4. The second-order valence-corrected chi connectivity index (χ2v) is 3.21. The highest BCUT2D eigenvalue weighted by Gasteiger charge is 2.18. The molecule has 0 aliphatic carbocycles. The molecule has 0 spiro atoms. The Bertz CT molecular complexity index is 169. The maximum absolute atomic E-state index is 10.9. The second kappa shape index (κ2) is 8.29. The Labute approximate surface area is 97.0 Å². The van der Waals surface area contributed by atoms with Gasteiger partial charge in [-0.1, -0.05) is 0 Å². The normalized spacial score (nSPS) is 21.7. The number of piperidine rings is 1. The number of methoxy groups -OCH3 is 1. The van der Waals surface area contributed by atoms with Crippen molar-refractivity contribution in [2.24, 2.45) is 5.73 Å². The van der Waals surface area contributed by atoms with Crippen molar-refractivity contribution in [3.05, 3.63) is 0 Å². The molecule has 14 heavy (non-hydrogen) atoms. The van der Waals surface area contributed by atoms with E-state index in [1.165, 1.54) is 7.11 Å². The van der Waals surface area contributed by atoms with E-state index in [9.17, 15) is 4.79 Å². The maximum Gasteiger partial charge on any atom is 0.319 e. The van der Waals surface area contributed by atoms with Crippen LogP contribution in [0.2, 0.25) is 0 Å². The van der Waals surface area contributed by atoms with Crippen LogP contribution in [0.1, 0.15) is 12.8 Å². The SMILES string of the molecule is COC(=O)CN1CCCC(N)C1.Cl.Cl. The van der Waals surface area contributed by atoms with E-state index in [0.717, 1.165) is 25.9 Å². The van der Waals surface area contributed by atoms with Gasteiger partial charge in [-0.15, -0.1) is 24.8 Å². The Morgan fingerprint density at radius 1 is 1.57 bits per heavy atom. The van der Waals surface area contributed by atoms with Crippen molar-refractivity contribution in [1.29, 1.82) is 0 Å². The highest BCUT2D eigenvalue weighted by Crippen LogP contribution is 2.07. The molecule has 6 heteroatoms. The number of ether oxygens (including phenoxy) is 1. The first kappa shape index (κ1) is 16.4. The summed E-state index contributed by atoms with van der Waals surface area (Å²) in [6.45, 7) is 2.15. The standard InChI is InChI=1S/C8H16N2O2.2ClH/c1-12-8(11)6-10-4-2-3-7(9)5-10;;/h7H,2-6,9H2,1H3;2*1H. The molecular formula is C8H18Cl2N2O2. The molecule has 1 saturated heterocycles. The molecule has 1 aliphatic rings. The molecule has 0 aromatic carbocycles. The number of hydrogen-bond donors (Lipinski definition) is 1. The molecular weight excluding hydrogens is 227 g/mol. The molecule has 0 bridgehead atoms. The minimum Gasteiger partial charge on any atom is -0.468 e. The van der Waals surface area contributed by atoms with Gasteiger partial charge >= 0.3 is 5.97 Å². The third-order valence-electron chi connectivity index (χ3n) is 2.12. The van der Waals surface area contributed by atoms with Crippen LogP contribution >= 0.6 is 24.8 Å². The largest absolute Gasteiger partial charge is 0.468 e. The van der Waals surface area contributed by atoms with E-state index in [4.69, 9.17) is 5.73 Å². The number of halogens is 2. The highest BCUT2D eigenvalue weighted by molar-refractivity contribution is 5.85. The Hall–Kier alpha value is -0.0300. The topological polar surface area (TPSA) is 55.6 Å². The Balaban J connectivity index is 0. The van der Waals surface area contributed by atoms with E-state index in [-0.39, 0.29) is 36.8 Å². The van der Waals surface area contributed by atoms with Crippen LogP contribution in [0.5, 0.6) is 0 Å². The lowest BCUT2D eigenvalue weighted by Gasteiger charge is -2.29. The van der Waals surface area contributed by atoms with Crippen molar-refractivity contribution >= 4 is 30.8 Å². The fourth-order valence-corrected chi connectivity index (χ4v) is 1.48. The summed E-state index contributed by atoms with van der Waals surface area (Å²) in [5, 5.41) is 0. The molecule has 1 aliphatic heterocycles. The van der Waals surface area contributed by atoms with Gasteiger partial charge in [-0.25, -0.2) is 0 Å². The lowest BCUT2D eigenvalue weighted by atomic mass is 10.1. The van der Waals surface area contributed by atoms with Crippen LogP contribution in [0, 0.1) is 0 Å². The zero-order valence-corrected chi connectivity index (χ0v) is 9.90. The summed E-state index contributed by atoms with van der Waals surface area (Å²) in [6, 6.07) is 0.225. The zero-order chi connectivity index (χ0) is 8.97. The molecule has 86 valence electrons. The van der Waals surface area contributed by atoms with Crippen molar-refractivity contribution in [2.45, 2.75) is 18.9 Å². The summed E-state index contributed by atoms with van der Waals surface area (Å²) in [4.78, 5) is 12.9. The van der Waals surface area contributed by atoms with Gasteiger partial charge in [0.05, 0.1) is 13.7 Å². The fourth-order valence-electron chi connectivity index (χ4n) is 1.48. The lowest BCUT2D eigenvalue weighted by Crippen LogP contribution is -2.44. The minimum atomic E-state index is -0.177. The van der Waals surface area contributed by atoms with Crippen molar-refractivity contribution < 1.29 is 9.53 Å². The number of carbonyl (C=O) groups is 1. The van der Waals surface area contributed by atoms with Gasteiger partial charge in [-0.2, -0.15) is 0 Å². The molecule has 1 rings (SSSR count). The van der Waals surface area contributed by atoms with Crippen LogP contribution in [0.25, 0.3) is 0 Å². The number of likely N-dealkylation sites (tertiary alicyclic amines) is 1. The van der Waals surface area contributed by atoms with Gasteiger partial charge in [0.15, 0.2) is 0 Å². The van der Waals surface area contributed by atoms with Gasteiger partial charge in [-0.05, 0) is 19.4 Å². The molecule has 2 N–H and O–H groups in total. The van der Waals surface area contributed by atoms with Crippen LogP contribution in [0.3, 0.4) is 0 Å². The van der Waals surface area contributed by atoms with Gasteiger partial charge in [0.1, 0.15) is 0 Å². The number of esters is 1. The Morgan fingerprint density at radius 2 is 2.21 bits per heavy atom. The first-order valence-electron chi connectivity index (χ1n) is 4.27. The first-order valence-corrected chi connectivity index (χ1v) is 4.27. The lowest BCUT2D eigenvalue weighted by molar-refractivity contribution is -0.142. The summed E-state index contributed by atoms with van der Waals surface area (Å²) in [7, 11) is 1.41. The zero-order valence-electron chi connectivity index (χ0n) is 8.27. The Morgan fingerprint density at radius 3 is 2.71 bits per heavy atom. The fraction of sp³-hybridized carbons (Fsp3) is 0.875. The predicted molar refractivity (Wildman–Crippen MR) is 60.2 cm³/mol. The summed E-state index contributed by atoms with van der Waals surface area (Å²) in [6.07, 6.45) is 2.15. The monoisotopic (exact) mass is 244 g/mol. The smallest absolute Gasteiger partial charge is 0.319 e. The number of nitrogens with zero attached hydrogens (tertiary/aromatic N) is 1. The molecule has 0 amide bonds. The van der Waals surface area contributed by atoms with E-state index in [1.807, 2.05) is 4.90 Å². The first-order chi connectivity index (χ1) is 5.72. The molecule has 0 aromatic heterocycles. The van der Waals surface area contributed by atoms with Gasteiger partial charge < -0.3 is 10.5 Å². The van der Waals surface area contributed by atoms with E-state index in [2.05, 4.69) is 4.74 Å². The van der Waals surface area contributed by atoms with Crippen molar-refractivity contribution in [2.75, 3.05) is 26.7 Å². The quantitative estimate of drug-likeness (QED) is 0.716. The molecule has 1 fully saturated rings. The van der Waals surface area contributed by atoms with E-state index >= 15 is 0 Å². The molecule has 4 nitrogen and oxygen atoms in total. The van der Waals surface area contributed by atoms with E-state index in [1.54, 1.807) is 0 Å². The number of carbonyl (C=O) groups excluding carboxylic acids is 1.